The van der Waals surface area contributed by atoms with Gasteiger partial charge in [-0.05, 0) is 50.1 Å². The van der Waals surface area contributed by atoms with E-state index in [0.717, 1.165) is 16.5 Å². The molecule has 0 aliphatic rings. The van der Waals surface area contributed by atoms with Crippen molar-refractivity contribution in [3.8, 4) is 0 Å². The fraction of sp³-hybridized carbons (Fsp3) is 0.211. The fourth-order valence-electron chi connectivity index (χ4n) is 2.74. The van der Waals surface area contributed by atoms with Crippen LogP contribution in [-0.2, 0) is 11.2 Å². The van der Waals surface area contributed by atoms with Crippen molar-refractivity contribution in [1.29, 1.82) is 0 Å². The van der Waals surface area contributed by atoms with Gasteiger partial charge in [-0.25, -0.2) is 0 Å². The number of ketones is 1. The van der Waals surface area contributed by atoms with E-state index in [1.54, 1.807) is 24.3 Å². The van der Waals surface area contributed by atoms with Gasteiger partial charge in [0, 0.05) is 16.6 Å². The van der Waals surface area contributed by atoms with E-state index in [2.05, 4.69) is 10.5 Å². The molecule has 0 saturated carbocycles. The molecule has 1 N–H and O–H groups in total. The van der Waals surface area contributed by atoms with Crippen molar-refractivity contribution >= 4 is 28.3 Å². The molecule has 0 radical (unpaired) electrons. The largest absolute Gasteiger partial charge is 0.356 e. The Morgan fingerprint density at radius 3 is 2.71 bits per heavy atom. The molecule has 0 unspecified atom stereocenters. The van der Waals surface area contributed by atoms with E-state index < -0.39 is 0 Å². The summed E-state index contributed by atoms with van der Waals surface area (Å²) in [5.41, 5.74) is 4.56. The lowest BCUT2D eigenvalue weighted by Gasteiger charge is -2.05. The van der Waals surface area contributed by atoms with Crippen LogP contribution in [0, 0.1) is 13.8 Å². The van der Waals surface area contributed by atoms with Crippen LogP contribution in [0.3, 0.4) is 0 Å². The van der Waals surface area contributed by atoms with Crippen molar-refractivity contribution in [3.63, 3.8) is 0 Å². The second-order valence-electron chi connectivity index (χ2n) is 5.95. The Morgan fingerprint density at radius 1 is 1.17 bits per heavy atom. The lowest BCUT2D eigenvalue weighted by Crippen LogP contribution is -2.15. The Hall–Kier alpha value is -2.95. The summed E-state index contributed by atoms with van der Waals surface area (Å²) in [7, 11) is 0. The molecule has 3 aromatic rings. The maximum Gasteiger partial charge on any atom is 0.230 e. The highest BCUT2D eigenvalue weighted by Crippen LogP contribution is 2.24. The predicted molar refractivity (Wildman–Crippen MR) is 92.3 cm³/mol. The molecule has 0 aliphatic heterocycles. The molecular formula is C19H18N2O3. The highest BCUT2D eigenvalue weighted by atomic mass is 16.5. The number of nitrogens with one attached hydrogen (secondary N) is 1. The van der Waals surface area contributed by atoms with Crippen molar-refractivity contribution in [1.82, 2.24) is 5.16 Å². The third-order valence-corrected chi connectivity index (χ3v) is 3.86. The van der Waals surface area contributed by atoms with Gasteiger partial charge in [0.15, 0.2) is 11.4 Å². The molecule has 1 amide bonds. The molecule has 1 aromatic heterocycles. The zero-order chi connectivity index (χ0) is 17.3. The Balaban J connectivity index is 1.80. The van der Waals surface area contributed by atoms with Crippen molar-refractivity contribution in [2.24, 2.45) is 0 Å². The smallest absolute Gasteiger partial charge is 0.230 e. The third kappa shape index (κ3) is 3.20. The van der Waals surface area contributed by atoms with Gasteiger partial charge < -0.3 is 9.84 Å². The van der Waals surface area contributed by atoms with Crippen LogP contribution < -0.4 is 5.32 Å². The SMILES string of the molecule is CC(=O)c1cccc(NC(=O)Cc2noc3c(C)cc(C)cc23)c1. The number of anilines is 1. The van der Waals surface area contributed by atoms with Crippen LogP contribution in [0.1, 0.15) is 34.1 Å². The average molecular weight is 322 g/mol. The van der Waals surface area contributed by atoms with Gasteiger partial charge in [0.1, 0.15) is 5.69 Å². The zero-order valence-corrected chi connectivity index (χ0v) is 13.8. The van der Waals surface area contributed by atoms with Crippen LogP contribution in [0.2, 0.25) is 0 Å². The first-order valence-corrected chi connectivity index (χ1v) is 7.70. The maximum absolute atomic E-state index is 12.3. The van der Waals surface area contributed by atoms with Crippen LogP contribution in [0.5, 0.6) is 0 Å². The summed E-state index contributed by atoms with van der Waals surface area (Å²) in [5.74, 6) is -0.246. The number of aryl methyl sites for hydroxylation is 2. The number of nitrogens with zero attached hydrogens (tertiary/aromatic N) is 1. The number of rotatable bonds is 4. The monoisotopic (exact) mass is 322 g/mol. The normalized spacial score (nSPS) is 10.8. The molecule has 1 heterocycles. The van der Waals surface area contributed by atoms with Crippen LogP contribution in [0.4, 0.5) is 5.69 Å². The van der Waals surface area contributed by atoms with E-state index in [1.165, 1.54) is 6.92 Å². The van der Waals surface area contributed by atoms with Crippen molar-refractivity contribution < 1.29 is 14.1 Å². The van der Waals surface area contributed by atoms with Crippen molar-refractivity contribution in [2.75, 3.05) is 5.32 Å². The molecule has 0 bridgehead atoms. The van der Waals surface area contributed by atoms with Crippen LogP contribution in [0.25, 0.3) is 11.0 Å². The van der Waals surface area contributed by atoms with Crippen molar-refractivity contribution in [2.45, 2.75) is 27.2 Å². The second kappa shape index (κ2) is 6.28. The van der Waals surface area contributed by atoms with Crippen LogP contribution in [-0.4, -0.2) is 16.8 Å². The van der Waals surface area contributed by atoms with E-state index in [9.17, 15) is 9.59 Å². The Kier molecular flexibility index (Phi) is 4.16. The molecule has 0 spiro atoms. The zero-order valence-electron chi connectivity index (χ0n) is 13.8. The lowest BCUT2D eigenvalue weighted by molar-refractivity contribution is -0.115. The van der Waals surface area contributed by atoms with E-state index in [4.69, 9.17) is 4.52 Å². The first-order valence-electron chi connectivity index (χ1n) is 7.70. The minimum absolute atomic E-state index is 0.0421. The average Bonchev–Trinajstić information content (AvgIpc) is 2.90. The number of carbonyl (C=O) groups excluding carboxylic acids is 2. The summed E-state index contributed by atoms with van der Waals surface area (Å²) in [6.45, 7) is 5.45. The third-order valence-electron chi connectivity index (χ3n) is 3.86. The number of aromatic nitrogens is 1. The van der Waals surface area contributed by atoms with Crippen LogP contribution >= 0.6 is 0 Å². The number of amides is 1. The van der Waals surface area contributed by atoms with Gasteiger partial charge in [0.05, 0.1) is 6.42 Å². The molecule has 0 atom stereocenters. The highest BCUT2D eigenvalue weighted by Gasteiger charge is 2.15. The summed E-state index contributed by atoms with van der Waals surface area (Å²) in [6, 6.07) is 10.9. The summed E-state index contributed by atoms with van der Waals surface area (Å²) in [4.78, 5) is 23.7. The lowest BCUT2D eigenvalue weighted by atomic mass is 10.1. The van der Waals surface area contributed by atoms with E-state index in [0.29, 0.717) is 22.5 Å². The molecule has 0 saturated heterocycles. The topological polar surface area (TPSA) is 72.2 Å². The van der Waals surface area contributed by atoms with Gasteiger partial charge in [-0.15, -0.1) is 0 Å². The minimum Gasteiger partial charge on any atom is -0.356 e. The first-order chi connectivity index (χ1) is 11.4. The van der Waals surface area contributed by atoms with E-state index >= 15 is 0 Å². The number of benzene rings is 2. The number of fused-ring (bicyclic) bond motifs is 1. The second-order valence-corrected chi connectivity index (χ2v) is 5.95. The first kappa shape index (κ1) is 15.9. The summed E-state index contributed by atoms with van der Waals surface area (Å²) < 4.78 is 5.36. The number of hydrogen-bond acceptors (Lipinski definition) is 4. The molecule has 0 fully saturated rings. The van der Waals surface area contributed by atoms with Crippen molar-refractivity contribution in [3.05, 3.63) is 58.8 Å². The van der Waals surface area contributed by atoms with Gasteiger partial charge in [0.25, 0.3) is 0 Å². The summed E-state index contributed by atoms with van der Waals surface area (Å²) in [6.07, 6.45) is 0.111. The van der Waals surface area contributed by atoms with Gasteiger partial charge in [0.2, 0.25) is 5.91 Å². The number of hydrogen-bond donors (Lipinski definition) is 1. The summed E-state index contributed by atoms with van der Waals surface area (Å²) >= 11 is 0. The number of carbonyl (C=O) groups is 2. The minimum atomic E-state index is -0.204. The van der Waals surface area contributed by atoms with Gasteiger partial charge in [-0.1, -0.05) is 23.4 Å². The molecule has 122 valence electrons. The molecule has 0 aliphatic carbocycles. The Morgan fingerprint density at radius 2 is 1.96 bits per heavy atom. The maximum atomic E-state index is 12.3. The molecule has 2 aromatic carbocycles. The van der Waals surface area contributed by atoms with Gasteiger partial charge in [-0.3, -0.25) is 9.59 Å². The Bertz CT molecular complexity index is 941. The van der Waals surface area contributed by atoms with E-state index in [-0.39, 0.29) is 18.1 Å². The van der Waals surface area contributed by atoms with E-state index in [1.807, 2.05) is 26.0 Å². The standard InChI is InChI=1S/C19H18N2O3/c1-11-7-12(2)19-16(8-11)17(21-24-19)10-18(23)20-15-6-4-5-14(9-15)13(3)22/h4-9H,10H2,1-3H3,(H,20,23). The molecule has 3 rings (SSSR count). The predicted octanol–water partition coefficient (Wildman–Crippen LogP) is 3.83. The summed E-state index contributed by atoms with van der Waals surface area (Å²) in [5, 5.41) is 7.69. The van der Waals surface area contributed by atoms with Gasteiger partial charge in [-0.2, -0.15) is 0 Å². The molecule has 5 nitrogen and oxygen atoms in total. The van der Waals surface area contributed by atoms with Gasteiger partial charge >= 0.3 is 0 Å². The number of Topliss-reactive ketones (excluding diaryl/α,β-unsaturated/α-hetero) is 1. The van der Waals surface area contributed by atoms with Crippen LogP contribution in [0.15, 0.2) is 40.9 Å². The quantitative estimate of drug-likeness (QED) is 0.741. The fourth-order valence-corrected chi connectivity index (χ4v) is 2.74. The Labute approximate surface area is 139 Å². The molecule has 24 heavy (non-hydrogen) atoms. The highest BCUT2D eigenvalue weighted by molar-refractivity contribution is 5.98. The molecular weight excluding hydrogens is 304 g/mol. The molecule has 5 heteroatoms.